The molecule has 7 nitrogen and oxygen atoms in total. The first-order chi connectivity index (χ1) is 13.1. The monoisotopic (exact) mass is 430 g/mol. The molecule has 0 bridgehead atoms. The normalized spacial score (nSPS) is 10.5. The molecule has 0 saturated heterocycles. The Bertz CT molecular complexity index is 906. The second kappa shape index (κ2) is 8.68. The van der Waals surface area contributed by atoms with E-state index in [1.807, 2.05) is 30.3 Å². The lowest BCUT2D eigenvalue weighted by molar-refractivity contribution is -0.116. The van der Waals surface area contributed by atoms with Gasteiger partial charge in [-0.2, -0.15) is 5.10 Å². The van der Waals surface area contributed by atoms with E-state index in [1.54, 1.807) is 31.3 Å². The number of hydrogen-bond acceptors (Lipinski definition) is 5. The van der Waals surface area contributed by atoms with Crippen LogP contribution >= 0.6 is 15.9 Å². The van der Waals surface area contributed by atoms with E-state index in [-0.39, 0.29) is 5.91 Å². The van der Waals surface area contributed by atoms with Gasteiger partial charge < -0.3 is 14.8 Å². The van der Waals surface area contributed by atoms with Gasteiger partial charge in [-0.25, -0.2) is 9.67 Å². The van der Waals surface area contributed by atoms with Crippen molar-refractivity contribution in [2.24, 2.45) is 0 Å². The number of benzene rings is 2. The number of halogens is 1. The van der Waals surface area contributed by atoms with Crippen molar-refractivity contribution < 1.29 is 14.3 Å². The number of aromatic nitrogens is 3. The highest BCUT2D eigenvalue weighted by Gasteiger charge is 2.11. The molecule has 1 N–H and O–H groups in total. The average molecular weight is 431 g/mol. The van der Waals surface area contributed by atoms with Crippen molar-refractivity contribution >= 4 is 27.5 Å². The van der Waals surface area contributed by atoms with Gasteiger partial charge in [0.05, 0.1) is 25.6 Å². The number of ether oxygens (including phenoxy) is 2. The van der Waals surface area contributed by atoms with Gasteiger partial charge in [0.2, 0.25) is 5.91 Å². The molecule has 0 spiro atoms. The Morgan fingerprint density at radius 2 is 1.89 bits per heavy atom. The van der Waals surface area contributed by atoms with Gasteiger partial charge in [-0.15, -0.1) is 0 Å². The largest absolute Gasteiger partial charge is 0.497 e. The molecule has 1 aromatic heterocycles. The molecule has 0 aliphatic carbocycles. The highest BCUT2D eigenvalue weighted by molar-refractivity contribution is 9.10. The zero-order valence-corrected chi connectivity index (χ0v) is 16.6. The van der Waals surface area contributed by atoms with Gasteiger partial charge in [-0.3, -0.25) is 4.79 Å². The van der Waals surface area contributed by atoms with Crippen LogP contribution in [0, 0.1) is 0 Å². The maximum atomic E-state index is 12.5. The van der Waals surface area contributed by atoms with Crippen LogP contribution in [0.3, 0.4) is 0 Å². The van der Waals surface area contributed by atoms with Crippen LogP contribution in [0.15, 0.2) is 53.5 Å². The molecule has 1 heterocycles. The molecule has 27 heavy (non-hydrogen) atoms. The summed E-state index contributed by atoms with van der Waals surface area (Å²) in [6.45, 7) is 0. The molecule has 140 valence electrons. The lowest BCUT2D eigenvalue weighted by Crippen LogP contribution is -2.14. The summed E-state index contributed by atoms with van der Waals surface area (Å²) in [6.07, 6.45) is 3.91. The molecule has 0 saturated carbocycles. The smallest absolute Gasteiger partial charge is 0.224 e. The van der Waals surface area contributed by atoms with E-state index >= 15 is 0 Å². The van der Waals surface area contributed by atoms with Crippen LogP contribution in [0.4, 0.5) is 5.69 Å². The summed E-state index contributed by atoms with van der Waals surface area (Å²) in [7, 11) is 3.20. The van der Waals surface area contributed by atoms with E-state index in [2.05, 4.69) is 31.3 Å². The van der Waals surface area contributed by atoms with Crippen molar-refractivity contribution in [3.05, 3.63) is 59.1 Å². The molecule has 0 radical (unpaired) electrons. The number of aryl methyl sites for hydroxylation is 1. The molecule has 0 aliphatic heterocycles. The van der Waals surface area contributed by atoms with Crippen molar-refractivity contribution in [1.29, 1.82) is 0 Å². The highest BCUT2D eigenvalue weighted by Crippen LogP contribution is 2.26. The van der Waals surface area contributed by atoms with Gasteiger partial charge in [0.1, 0.15) is 24.2 Å². The first-order valence-electron chi connectivity index (χ1n) is 8.25. The summed E-state index contributed by atoms with van der Waals surface area (Å²) >= 11 is 3.43. The van der Waals surface area contributed by atoms with E-state index in [0.29, 0.717) is 30.0 Å². The molecule has 3 aromatic rings. The second-order valence-electron chi connectivity index (χ2n) is 5.77. The lowest BCUT2D eigenvalue weighted by Gasteiger charge is -2.12. The molecule has 1 amide bonds. The van der Waals surface area contributed by atoms with Crippen molar-refractivity contribution in [3.63, 3.8) is 0 Å². The van der Waals surface area contributed by atoms with Gasteiger partial charge in [-0.1, -0.05) is 15.9 Å². The number of amides is 1. The van der Waals surface area contributed by atoms with Crippen LogP contribution in [-0.2, 0) is 11.2 Å². The van der Waals surface area contributed by atoms with Gasteiger partial charge in [0, 0.05) is 17.0 Å². The van der Waals surface area contributed by atoms with Crippen molar-refractivity contribution in [3.8, 4) is 17.2 Å². The molecule has 0 fully saturated rings. The minimum absolute atomic E-state index is 0.101. The van der Waals surface area contributed by atoms with Gasteiger partial charge in [0.25, 0.3) is 0 Å². The molecular weight excluding hydrogens is 412 g/mol. The maximum Gasteiger partial charge on any atom is 0.224 e. The Morgan fingerprint density at radius 3 is 2.52 bits per heavy atom. The number of rotatable bonds is 7. The van der Waals surface area contributed by atoms with E-state index in [0.717, 1.165) is 15.7 Å². The molecule has 0 aliphatic rings. The van der Waals surface area contributed by atoms with Gasteiger partial charge in [-0.05, 0) is 42.3 Å². The zero-order valence-electron chi connectivity index (χ0n) is 15.0. The number of hydrogen-bond donors (Lipinski definition) is 1. The first-order valence-corrected chi connectivity index (χ1v) is 9.04. The highest BCUT2D eigenvalue weighted by atomic mass is 79.9. The van der Waals surface area contributed by atoms with Crippen molar-refractivity contribution in [2.45, 2.75) is 12.8 Å². The summed E-state index contributed by atoms with van der Waals surface area (Å²) < 4.78 is 13.0. The predicted molar refractivity (Wildman–Crippen MR) is 106 cm³/mol. The molecular formula is C19H19BrN4O3. The SMILES string of the molecule is COc1cc(CCC(=O)Nc2cc(Br)ccc2-n2cncn2)cc(OC)c1. The number of anilines is 1. The quantitative estimate of drug-likeness (QED) is 0.619. The molecule has 0 unspecified atom stereocenters. The topological polar surface area (TPSA) is 78.3 Å². The molecule has 2 aromatic carbocycles. The van der Waals surface area contributed by atoms with Crippen LogP contribution in [-0.4, -0.2) is 34.9 Å². The Kier molecular flexibility index (Phi) is 6.08. The Hall–Kier alpha value is -2.87. The number of methoxy groups -OCH3 is 2. The van der Waals surface area contributed by atoms with Crippen molar-refractivity contribution in [1.82, 2.24) is 14.8 Å². The zero-order chi connectivity index (χ0) is 19.2. The van der Waals surface area contributed by atoms with E-state index < -0.39 is 0 Å². The lowest BCUT2D eigenvalue weighted by atomic mass is 10.1. The third kappa shape index (κ3) is 4.85. The van der Waals surface area contributed by atoms with E-state index in [9.17, 15) is 4.79 Å². The average Bonchev–Trinajstić information content (AvgIpc) is 3.20. The molecule has 8 heteroatoms. The summed E-state index contributed by atoms with van der Waals surface area (Å²) in [6, 6.07) is 11.2. The van der Waals surface area contributed by atoms with E-state index in [4.69, 9.17) is 9.47 Å². The molecule has 0 atom stereocenters. The minimum Gasteiger partial charge on any atom is -0.497 e. The van der Waals surface area contributed by atoms with Crippen LogP contribution in [0.25, 0.3) is 5.69 Å². The first kappa shape index (κ1) is 18.9. The molecule has 3 rings (SSSR count). The standard InChI is InChI=1S/C19H19BrN4O3/c1-26-15-7-13(8-16(10-15)27-2)3-6-19(25)23-17-9-14(20)4-5-18(17)24-12-21-11-22-24/h4-5,7-12H,3,6H2,1-2H3,(H,23,25). The second-order valence-corrected chi connectivity index (χ2v) is 6.69. The Labute approximate surface area is 165 Å². The summed E-state index contributed by atoms with van der Waals surface area (Å²) in [5.41, 5.74) is 2.36. The van der Waals surface area contributed by atoms with Crippen LogP contribution in [0.1, 0.15) is 12.0 Å². The van der Waals surface area contributed by atoms with Crippen LogP contribution in [0.2, 0.25) is 0 Å². The fraction of sp³-hybridized carbons (Fsp3) is 0.211. The van der Waals surface area contributed by atoms with Gasteiger partial charge >= 0.3 is 0 Å². The number of carbonyl (C=O) groups excluding carboxylic acids is 1. The predicted octanol–water partition coefficient (Wildman–Crippen LogP) is 3.62. The third-order valence-electron chi connectivity index (χ3n) is 3.95. The van der Waals surface area contributed by atoms with E-state index in [1.165, 1.54) is 6.33 Å². The van der Waals surface area contributed by atoms with Crippen molar-refractivity contribution in [2.75, 3.05) is 19.5 Å². The third-order valence-corrected chi connectivity index (χ3v) is 4.44. The fourth-order valence-corrected chi connectivity index (χ4v) is 2.98. The Balaban J connectivity index is 1.71. The Morgan fingerprint density at radius 1 is 1.15 bits per heavy atom. The summed E-state index contributed by atoms with van der Waals surface area (Å²) in [5.74, 6) is 1.30. The minimum atomic E-state index is -0.101. The van der Waals surface area contributed by atoms with Crippen LogP contribution < -0.4 is 14.8 Å². The van der Waals surface area contributed by atoms with Crippen LogP contribution in [0.5, 0.6) is 11.5 Å². The number of carbonyl (C=O) groups is 1. The summed E-state index contributed by atoms with van der Waals surface area (Å²) in [5, 5.41) is 7.07. The fourth-order valence-electron chi connectivity index (χ4n) is 2.62. The maximum absolute atomic E-state index is 12.5. The summed E-state index contributed by atoms with van der Waals surface area (Å²) in [4.78, 5) is 16.4. The number of nitrogens with zero attached hydrogens (tertiary/aromatic N) is 3. The number of nitrogens with one attached hydrogen (secondary N) is 1. The van der Waals surface area contributed by atoms with Gasteiger partial charge in [0.15, 0.2) is 0 Å².